The summed E-state index contributed by atoms with van der Waals surface area (Å²) in [6.07, 6.45) is 1.94. The molecular formula is C16H18FN3O. The summed E-state index contributed by atoms with van der Waals surface area (Å²) in [6.45, 7) is 3.00. The molecule has 0 aliphatic carbocycles. The van der Waals surface area contributed by atoms with Crippen LogP contribution in [0.4, 0.5) is 4.39 Å². The smallest absolute Gasteiger partial charge is 0.256 e. The number of nitrogens with two attached hydrogens (primary N) is 1. The number of rotatable bonds is 2. The van der Waals surface area contributed by atoms with Crippen LogP contribution in [0, 0.1) is 12.7 Å². The van der Waals surface area contributed by atoms with Crippen LogP contribution in [0.3, 0.4) is 0 Å². The van der Waals surface area contributed by atoms with Gasteiger partial charge in [-0.15, -0.1) is 0 Å². The molecule has 1 aromatic carbocycles. The molecule has 0 spiro atoms. The number of likely N-dealkylation sites (tertiary alicyclic amines) is 1. The summed E-state index contributed by atoms with van der Waals surface area (Å²) in [5.41, 5.74) is 7.51. The minimum atomic E-state index is -0.323. The SMILES string of the molecule is Cc1nc2cc(F)ccc2cc1C(=O)N1CCCC1CN. The van der Waals surface area contributed by atoms with E-state index in [1.165, 1.54) is 12.1 Å². The summed E-state index contributed by atoms with van der Waals surface area (Å²) < 4.78 is 13.2. The molecule has 2 N–H and O–H groups in total. The quantitative estimate of drug-likeness (QED) is 0.921. The van der Waals surface area contributed by atoms with Crippen LogP contribution in [-0.4, -0.2) is 34.9 Å². The first-order chi connectivity index (χ1) is 10.1. The molecule has 1 atom stereocenters. The van der Waals surface area contributed by atoms with E-state index in [9.17, 15) is 9.18 Å². The van der Waals surface area contributed by atoms with Gasteiger partial charge in [0.15, 0.2) is 0 Å². The van der Waals surface area contributed by atoms with Gasteiger partial charge in [0.2, 0.25) is 0 Å². The highest BCUT2D eigenvalue weighted by molar-refractivity contribution is 5.99. The fourth-order valence-corrected chi connectivity index (χ4v) is 2.96. The third kappa shape index (κ3) is 2.49. The van der Waals surface area contributed by atoms with E-state index in [0.29, 0.717) is 23.3 Å². The summed E-state index contributed by atoms with van der Waals surface area (Å²) in [5, 5.41) is 0.772. The van der Waals surface area contributed by atoms with Crippen LogP contribution in [-0.2, 0) is 0 Å². The Hall–Kier alpha value is -2.01. The van der Waals surface area contributed by atoms with Crippen LogP contribution in [0.15, 0.2) is 24.3 Å². The molecule has 2 heterocycles. The van der Waals surface area contributed by atoms with Crippen molar-refractivity contribution in [1.29, 1.82) is 0 Å². The molecule has 4 nitrogen and oxygen atoms in total. The molecule has 1 aliphatic rings. The van der Waals surface area contributed by atoms with Gasteiger partial charge in [-0.25, -0.2) is 4.39 Å². The molecule has 110 valence electrons. The van der Waals surface area contributed by atoms with E-state index in [-0.39, 0.29) is 17.8 Å². The van der Waals surface area contributed by atoms with Crippen molar-refractivity contribution >= 4 is 16.8 Å². The minimum Gasteiger partial charge on any atom is -0.334 e. The summed E-state index contributed by atoms with van der Waals surface area (Å²) >= 11 is 0. The van der Waals surface area contributed by atoms with Crippen molar-refractivity contribution in [2.75, 3.05) is 13.1 Å². The Morgan fingerprint density at radius 3 is 3.05 bits per heavy atom. The second-order valence-electron chi connectivity index (χ2n) is 5.49. The monoisotopic (exact) mass is 287 g/mol. The topological polar surface area (TPSA) is 59.2 Å². The average Bonchev–Trinajstić information content (AvgIpc) is 2.94. The van der Waals surface area contributed by atoms with E-state index in [1.54, 1.807) is 19.1 Å². The van der Waals surface area contributed by atoms with Gasteiger partial charge in [-0.05, 0) is 38.0 Å². The lowest BCUT2D eigenvalue weighted by atomic mass is 10.1. The maximum Gasteiger partial charge on any atom is 0.256 e. The molecule has 2 aromatic rings. The summed E-state index contributed by atoms with van der Waals surface area (Å²) in [5.74, 6) is -0.351. The van der Waals surface area contributed by atoms with E-state index in [0.717, 1.165) is 24.8 Å². The number of pyridine rings is 1. The maximum absolute atomic E-state index is 13.2. The van der Waals surface area contributed by atoms with Gasteiger partial charge >= 0.3 is 0 Å². The summed E-state index contributed by atoms with van der Waals surface area (Å²) in [4.78, 5) is 18.9. The zero-order chi connectivity index (χ0) is 15.0. The number of amides is 1. The van der Waals surface area contributed by atoms with Crippen LogP contribution in [0.1, 0.15) is 28.9 Å². The largest absolute Gasteiger partial charge is 0.334 e. The van der Waals surface area contributed by atoms with Crippen molar-refractivity contribution in [3.8, 4) is 0 Å². The first-order valence-electron chi connectivity index (χ1n) is 7.18. The zero-order valence-electron chi connectivity index (χ0n) is 12.0. The summed E-state index contributed by atoms with van der Waals surface area (Å²) in [6, 6.07) is 6.33. The number of nitrogens with zero attached hydrogens (tertiary/aromatic N) is 2. The lowest BCUT2D eigenvalue weighted by Gasteiger charge is -2.24. The van der Waals surface area contributed by atoms with Crippen molar-refractivity contribution < 1.29 is 9.18 Å². The van der Waals surface area contributed by atoms with Gasteiger partial charge in [0.25, 0.3) is 5.91 Å². The highest BCUT2D eigenvalue weighted by Gasteiger charge is 2.29. The molecule has 1 saturated heterocycles. The number of benzene rings is 1. The Morgan fingerprint density at radius 1 is 1.48 bits per heavy atom. The predicted octanol–water partition coefficient (Wildman–Crippen LogP) is 2.25. The Balaban J connectivity index is 2.01. The second-order valence-corrected chi connectivity index (χ2v) is 5.49. The fourth-order valence-electron chi connectivity index (χ4n) is 2.96. The Kier molecular flexibility index (Phi) is 3.59. The summed E-state index contributed by atoms with van der Waals surface area (Å²) in [7, 11) is 0. The second kappa shape index (κ2) is 5.41. The zero-order valence-corrected chi connectivity index (χ0v) is 12.0. The van der Waals surface area contributed by atoms with Crippen LogP contribution in [0.25, 0.3) is 10.9 Å². The average molecular weight is 287 g/mol. The Morgan fingerprint density at radius 2 is 2.29 bits per heavy atom. The lowest BCUT2D eigenvalue weighted by molar-refractivity contribution is 0.0740. The van der Waals surface area contributed by atoms with Gasteiger partial charge < -0.3 is 10.6 Å². The molecule has 3 rings (SSSR count). The van der Waals surface area contributed by atoms with Gasteiger partial charge in [-0.1, -0.05) is 0 Å². The van der Waals surface area contributed by atoms with Gasteiger partial charge in [-0.2, -0.15) is 0 Å². The number of carbonyl (C=O) groups is 1. The molecule has 0 bridgehead atoms. The molecule has 1 unspecified atom stereocenters. The highest BCUT2D eigenvalue weighted by Crippen LogP contribution is 2.23. The minimum absolute atomic E-state index is 0.0285. The van der Waals surface area contributed by atoms with Crippen LogP contribution in [0.2, 0.25) is 0 Å². The molecule has 1 fully saturated rings. The van der Waals surface area contributed by atoms with E-state index >= 15 is 0 Å². The maximum atomic E-state index is 13.2. The number of aromatic nitrogens is 1. The highest BCUT2D eigenvalue weighted by atomic mass is 19.1. The number of carbonyl (C=O) groups excluding carboxylic acids is 1. The first-order valence-corrected chi connectivity index (χ1v) is 7.18. The van der Waals surface area contributed by atoms with E-state index in [4.69, 9.17) is 5.73 Å². The normalized spacial score (nSPS) is 18.4. The molecule has 0 saturated carbocycles. The molecule has 1 amide bonds. The third-order valence-electron chi connectivity index (χ3n) is 4.11. The Labute approximate surface area is 122 Å². The van der Waals surface area contributed by atoms with Crippen LogP contribution >= 0.6 is 0 Å². The van der Waals surface area contributed by atoms with Gasteiger partial charge in [0.1, 0.15) is 5.82 Å². The number of fused-ring (bicyclic) bond motifs is 1. The fraction of sp³-hybridized carbons (Fsp3) is 0.375. The molecule has 1 aromatic heterocycles. The number of halogens is 1. The van der Waals surface area contributed by atoms with Crippen molar-refractivity contribution in [1.82, 2.24) is 9.88 Å². The van der Waals surface area contributed by atoms with E-state index in [2.05, 4.69) is 4.98 Å². The standard InChI is InChI=1S/C16H18FN3O/c1-10-14(16(21)20-6-2-3-13(20)9-18)7-11-4-5-12(17)8-15(11)19-10/h4-5,7-8,13H,2-3,6,9,18H2,1H3. The van der Waals surface area contributed by atoms with Crippen molar-refractivity contribution in [3.05, 3.63) is 41.3 Å². The number of hydrogen-bond donors (Lipinski definition) is 1. The predicted molar refractivity (Wildman–Crippen MR) is 79.6 cm³/mol. The van der Waals surface area contributed by atoms with Crippen molar-refractivity contribution in [2.45, 2.75) is 25.8 Å². The molecule has 0 radical (unpaired) electrons. The Bertz CT molecular complexity index is 701. The van der Waals surface area contributed by atoms with E-state index < -0.39 is 0 Å². The molecule has 1 aliphatic heterocycles. The lowest BCUT2D eigenvalue weighted by Crippen LogP contribution is -2.40. The van der Waals surface area contributed by atoms with Gasteiger partial charge in [0, 0.05) is 30.6 Å². The molecular weight excluding hydrogens is 269 g/mol. The van der Waals surface area contributed by atoms with Crippen LogP contribution in [0.5, 0.6) is 0 Å². The number of aryl methyl sites for hydroxylation is 1. The molecule has 21 heavy (non-hydrogen) atoms. The molecule has 5 heteroatoms. The van der Waals surface area contributed by atoms with Crippen molar-refractivity contribution in [2.24, 2.45) is 5.73 Å². The number of hydrogen-bond acceptors (Lipinski definition) is 3. The van der Waals surface area contributed by atoms with Gasteiger partial charge in [0.05, 0.1) is 16.8 Å². The van der Waals surface area contributed by atoms with Gasteiger partial charge in [-0.3, -0.25) is 9.78 Å². The van der Waals surface area contributed by atoms with Crippen molar-refractivity contribution in [3.63, 3.8) is 0 Å². The first kappa shape index (κ1) is 13.9. The van der Waals surface area contributed by atoms with E-state index in [1.807, 2.05) is 4.90 Å². The third-order valence-corrected chi connectivity index (χ3v) is 4.11. The van der Waals surface area contributed by atoms with Crippen LogP contribution < -0.4 is 5.73 Å².